The van der Waals surface area contributed by atoms with Crippen LogP contribution >= 0.6 is 23.5 Å². The summed E-state index contributed by atoms with van der Waals surface area (Å²) in [6.45, 7) is 0. The van der Waals surface area contributed by atoms with Gasteiger partial charge in [0.05, 0.1) is 16.9 Å². The van der Waals surface area contributed by atoms with Gasteiger partial charge in [0.15, 0.2) is 11.6 Å². The number of ketones is 2. The normalized spacial score (nSPS) is 13.8. The van der Waals surface area contributed by atoms with Gasteiger partial charge in [0.25, 0.3) is 0 Å². The van der Waals surface area contributed by atoms with Gasteiger partial charge in [0.1, 0.15) is 5.75 Å². The highest BCUT2D eigenvalue weighted by atomic mass is 32.2. The summed E-state index contributed by atoms with van der Waals surface area (Å²) in [7, 11) is 1.61. The molecule has 0 radical (unpaired) electrons. The van der Waals surface area contributed by atoms with Crippen molar-refractivity contribution in [3.05, 3.63) is 81.6 Å². The second-order valence-electron chi connectivity index (χ2n) is 5.53. The highest BCUT2D eigenvalue weighted by Crippen LogP contribution is 2.39. The highest BCUT2D eigenvalue weighted by molar-refractivity contribution is 8.25. The van der Waals surface area contributed by atoms with E-state index < -0.39 is 0 Å². The first-order valence-electron chi connectivity index (χ1n) is 8.15. The van der Waals surface area contributed by atoms with Crippen LogP contribution in [0.5, 0.6) is 5.75 Å². The summed E-state index contributed by atoms with van der Waals surface area (Å²) in [5.41, 5.74) is 1.69. The van der Waals surface area contributed by atoms with Crippen LogP contribution in [0.15, 0.2) is 70.5 Å². The molecule has 5 heteroatoms. The fraction of sp³-hybridized carbons (Fsp3) is 0.143. The van der Waals surface area contributed by atoms with Crippen LogP contribution in [-0.4, -0.2) is 30.2 Å². The van der Waals surface area contributed by atoms with Crippen LogP contribution in [0.4, 0.5) is 0 Å². The second kappa shape index (κ2) is 8.92. The highest BCUT2D eigenvalue weighted by Gasteiger charge is 2.25. The number of Topliss-reactive ketones (excluding diaryl/α,β-unsaturated/α-hetero) is 1. The Morgan fingerprint density at radius 1 is 0.962 bits per heavy atom. The molecule has 1 aliphatic rings. The van der Waals surface area contributed by atoms with Crippen LogP contribution < -0.4 is 4.74 Å². The second-order valence-corrected chi connectivity index (χ2v) is 7.99. The minimum Gasteiger partial charge on any atom is -0.497 e. The molecule has 1 saturated heterocycles. The summed E-state index contributed by atoms with van der Waals surface area (Å²) in [6, 6.07) is 16.4. The summed E-state index contributed by atoms with van der Waals surface area (Å²) in [5, 5.41) is 0. The third kappa shape index (κ3) is 4.48. The van der Waals surface area contributed by atoms with Gasteiger partial charge in [-0.2, -0.15) is 0 Å². The summed E-state index contributed by atoms with van der Waals surface area (Å²) in [4.78, 5) is 25.7. The van der Waals surface area contributed by atoms with Crippen molar-refractivity contribution in [2.75, 3.05) is 18.6 Å². The van der Waals surface area contributed by atoms with Crippen molar-refractivity contribution in [3.8, 4) is 5.75 Å². The van der Waals surface area contributed by atoms with Gasteiger partial charge < -0.3 is 4.74 Å². The van der Waals surface area contributed by atoms with Gasteiger partial charge in [-0.05, 0) is 23.8 Å². The zero-order valence-electron chi connectivity index (χ0n) is 14.3. The number of thioether (sulfide) groups is 2. The van der Waals surface area contributed by atoms with Gasteiger partial charge >= 0.3 is 0 Å². The number of ether oxygens (including phenoxy) is 1. The van der Waals surface area contributed by atoms with E-state index in [1.165, 1.54) is 6.08 Å². The molecule has 3 rings (SSSR count). The maximum Gasteiger partial charge on any atom is 0.198 e. The SMILES string of the molecule is COc1ccc(C=CC(=O)C(C(=O)c2ccccc2)=C2SCCS2)cc1. The van der Waals surface area contributed by atoms with E-state index in [1.54, 1.807) is 48.8 Å². The Hall–Kier alpha value is -2.24. The van der Waals surface area contributed by atoms with Gasteiger partial charge in [-0.25, -0.2) is 0 Å². The molecule has 26 heavy (non-hydrogen) atoms. The third-order valence-electron chi connectivity index (χ3n) is 3.81. The number of hydrogen-bond acceptors (Lipinski definition) is 5. The standard InChI is InChI=1S/C21H18O3S2/c1-24-17-10-7-15(8-11-17)9-12-18(22)19(21-25-13-14-26-21)20(23)16-5-3-2-4-6-16/h2-12H,13-14H2,1H3. The minimum atomic E-state index is -0.258. The molecule has 0 atom stereocenters. The predicted octanol–water partition coefficient (Wildman–Crippen LogP) is 4.85. The van der Waals surface area contributed by atoms with E-state index in [2.05, 4.69) is 0 Å². The molecule has 0 bridgehead atoms. The molecule has 2 aromatic carbocycles. The predicted molar refractivity (Wildman–Crippen MR) is 110 cm³/mol. The van der Waals surface area contributed by atoms with Crippen molar-refractivity contribution in [2.45, 2.75) is 0 Å². The Labute approximate surface area is 161 Å². The molecule has 2 aromatic rings. The Balaban J connectivity index is 1.87. The number of hydrogen-bond donors (Lipinski definition) is 0. The summed E-state index contributed by atoms with van der Waals surface area (Å²) in [5.74, 6) is 2.12. The van der Waals surface area contributed by atoms with Crippen molar-refractivity contribution in [1.82, 2.24) is 0 Å². The maximum atomic E-state index is 12.9. The van der Waals surface area contributed by atoms with Crippen LogP contribution in [0.25, 0.3) is 6.08 Å². The first kappa shape index (κ1) is 18.5. The first-order valence-corrected chi connectivity index (χ1v) is 10.1. The third-order valence-corrected chi connectivity index (χ3v) is 6.52. The van der Waals surface area contributed by atoms with E-state index in [0.717, 1.165) is 27.1 Å². The molecule has 0 aromatic heterocycles. The van der Waals surface area contributed by atoms with E-state index in [9.17, 15) is 9.59 Å². The van der Waals surface area contributed by atoms with Crippen molar-refractivity contribution >= 4 is 41.2 Å². The number of carbonyl (C=O) groups excluding carboxylic acids is 2. The van der Waals surface area contributed by atoms with E-state index in [4.69, 9.17) is 4.74 Å². The number of rotatable bonds is 6. The molecule has 0 amide bonds. The molecule has 1 fully saturated rings. The van der Waals surface area contributed by atoms with Crippen LogP contribution in [0.1, 0.15) is 15.9 Å². The summed E-state index contributed by atoms with van der Waals surface area (Å²) in [6.07, 6.45) is 3.20. The quantitative estimate of drug-likeness (QED) is 0.309. The smallest absolute Gasteiger partial charge is 0.198 e. The van der Waals surface area contributed by atoms with Gasteiger partial charge in [-0.1, -0.05) is 48.5 Å². The van der Waals surface area contributed by atoms with Gasteiger partial charge in [-0.15, -0.1) is 23.5 Å². The average Bonchev–Trinajstić information content (AvgIpc) is 3.21. The molecular weight excluding hydrogens is 364 g/mol. The maximum absolute atomic E-state index is 12.9. The molecule has 132 valence electrons. The van der Waals surface area contributed by atoms with E-state index in [-0.39, 0.29) is 17.1 Å². The topological polar surface area (TPSA) is 43.4 Å². The van der Waals surface area contributed by atoms with Crippen molar-refractivity contribution < 1.29 is 14.3 Å². The summed E-state index contributed by atoms with van der Waals surface area (Å²) < 4.78 is 5.95. The molecule has 1 heterocycles. The van der Waals surface area contributed by atoms with E-state index >= 15 is 0 Å². The van der Waals surface area contributed by atoms with Crippen molar-refractivity contribution in [3.63, 3.8) is 0 Å². The summed E-state index contributed by atoms with van der Waals surface area (Å²) >= 11 is 3.16. The Morgan fingerprint density at radius 2 is 1.62 bits per heavy atom. The van der Waals surface area contributed by atoms with Crippen LogP contribution in [0, 0.1) is 0 Å². The average molecular weight is 383 g/mol. The zero-order chi connectivity index (χ0) is 18.4. The molecule has 0 spiro atoms. The fourth-order valence-corrected chi connectivity index (χ4v) is 5.01. The number of methoxy groups -OCH3 is 1. The van der Waals surface area contributed by atoms with E-state index in [1.807, 2.05) is 42.5 Å². The number of carbonyl (C=O) groups is 2. The fourth-order valence-electron chi connectivity index (χ4n) is 2.46. The largest absolute Gasteiger partial charge is 0.497 e. The molecule has 0 unspecified atom stereocenters. The van der Waals surface area contributed by atoms with Crippen molar-refractivity contribution in [2.24, 2.45) is 0 Å². The van der Waals surface area contributed by atoms with Gasteiger partial charge in [0, 0.05) is 17.1 Å². The number of benzene rings is 2. The van der Waals surface area contributed by atoms with Gasteiger partial charge in [-0.3, -0.25) is 9.59 Å². The lowest BCUT2D eigenvalue weighted by atomic mass is 10.0. The lowest BCUT2D eigenvalue weighted by molar-refractivity contribution is -0.111. The first-order chi connectivity index (χ1) is 12.7. The minimum absolute atomic E-state index is 0.216. The zero-order valence-corrected chi connectivity index (χ0v) is 15.9. The van der Waals surface area contributed by atoms with Crippen LogP contribution in [-0.2, 0) is 4.79 Å². The van der Waals surface area contributed by atoms with Crippen LogP contribution in [0.2, 0.25) is 0 Å². The van der Waals surface area contributed by atoms with Gasteiger partial charge in [0.2, 0.25) is 0 Å². The molecule has 0 aliphatic carbocycles. The molecule has 3 nitrogen and oxygen atoms in total. The van der Waals surface area contributed by atoms with Crippen LogP contribution in [0.3, 0.4) is 0 Å². The lowest BCUT2D eigenvalue weighted by Gasteiger charge is -2.07. The monoisotopic (exact) mass is 382 g/mol. The van der Waals surface area contributed by atoms with E-state index in [0.29, 0.717) is 5.56 Å². The lowest BCUT2D eigenvalue weighted by Crippen LogP contribution is -2.12. The molecule has 0 N–H and O–H groups in total. The molecule has 1 aliphatic heterocycles. The molecular formula is C21H18O3S2. The molecule has 0 saturated carbocycles. The number of allylic oxidation sites excluding steroid dienone is 2. The Morgan fingerprint density at radius 3 is 2.23 bits per heavy atom. The Kier molecular flexibility index (Phi) is 6.36. The van der Waals surface area contributed by atoms with Crippen molar-refractivity contribution in [1.29, 1.82) is 0 Å². The Bertz CT molecular complexity index is 845.